The van der Waals surface area contributed by atoms with Crippen molar-refractivity contribution in [2.75, 3.05) is 0 Å². The minimum atomic E-state index is -3.51. The van der Waals surface area contributed by atoms with E-state index in [0.717, 1.165) is 22.0 Å². The summed E-state index contributed by atoms with van der Waals surface area (Å²) in [5.74, 6) is 0.381. The molecule has 0 saturated carbocycles. The maximum absolute atomic E-state index is 12.1. The molecule has 2 N–H and O–H groups in total. The van der Waals surface area contributed by atoms with E-state index in [1.165, 1.54) is 0 Å². The molecular formula is C13H25N3O2S2. The number of aryl methyl sites for hydroxylation is 2. The third-order valence-corrected chi connectivity index (χ3v) is 5.30. The highest BCUT2D eigenvalue weighted by atomic mass is 32.2. The Morgan fingerprint density at radius 2 is 1.75 bits per heavy atom. The van der Waals surface area contributed by atoms with E-state index in [-0.39, 0.29) is 12.1 Å². The van der Waals surface area contributed by atoms with Crippen LogP contribution in [0.2, 0.25) is 0 Å². The predicted molar refractivity (Wildman–Crippen MR) is 84.1 cm³/mol. The van der Waals surface area contributed by atoms with Crippen molar-refractivity contribution in [3.05, 3.63) is 15.6 Å². The summed E-state index contributed by atoms with van der Waals surface area (Å²) >= 11 is 1.56. The molecule has 1 unspecified atom stereocenters. The number of thiazole rings is 1. The van der Waals surface area contributed by atoms with Gasteiger partial charge in [-0.25, -0.2) is 4.98 Å². The van der Waals surface area contributed by atoms with Crippen LogP contribution in [-0.2, 0) is 10.2 Å². The molecule has 5 nitrogen and oxygen atoms in total. The first-order valence-electron chi connectivity index (χ1n) is 6.84. The van der Waals surface area contributed by atoms with Crippen LogP contribution in [0.1, 0.15) is 55.7 Å². The van der Waals surface area contributed by atoms with Crippen LogP contribution in [0.5, 0.6) is 0 Å². The Balaban J connectivity index is 2.96. The van der Waals surface area contributed by atoms with Gasteiger partial charge in [0.2, 0.25) is 0 Å². The number of rotatable bonds is 7. The van der Waals surface area contributed by atoms with Crippen LogP contribution in [0.25, 0.3) is 0 Å². The van der Waals surface area contributed by atoms with E-state index in [9.17, 15) is 8.42 Å². The van der Waals surface area contributed by atoms with Gasteiger partial charge in [-0.2, -0.15) is 17.9 Å². The first-order valence-corrected chi connectivity index (χ1v) is 9.14. The average Bonchev–Trinajstić information content (AvgIpc) is 2.55. The van der Waals surface area contributed by atoms with Gasteiger partial charge in [-0.3, -0.25) is 0 Å². The number of hydrogen-bond donors (Lipinski definition) is 2. The molecule has 20 heavy (non-hydrogen) atoms. The van der Waals surface area contributed by atoms with E-state index >= 15 is 0 Å². The van der Waals surface area contributed by atoms with Gasteiger partial charge in [0.05, 0.1) is 11.7 Å². The van der Waals surface area contributed by atoms with Crippen molar-refractivity contribution in [1.29, 1.82) is 0 Å². The number of aromatic nitrogens is 1. The van der Waals surface area contributed by atoms with Crippen molar-refractivity contribution >= 4 is 21.5 Å². The lowest BCUT2D eigenvalue weighted by molar-refractivity contribution is 0.464. The van der Waals surface area contributed by atoms with Crippen molar-refractivity contribution in [1.82, 2.24) is 14.4 Å². The summed E-state index contributed by atoms with van der Waals surface area (Å²) in [6.45, 7) is 11.7. The smallest absolute Gasteiger partial charge is 0.245 e. The highest BCUT2D eigenvalue weighted by molar-refractivity contribution is 7.87. The Kier molecular flexibility index (Phi) is 6.12. The van der Waals surface area contributed by atoms with Gasteiger partial charge in [0.25, 0.3) is 10.2 Å². The fourth-order valence-electron chi connectivity index (χ4n) is 1.85. The van der Waals surface area contributed by atoms with E-state index < -0.39 is 10.2 Å². The zero-order valence-electron chi connectivity index (χ0n) is 13.0. The second kappa shape index (κ2) is 6.98. The van der Waals surface area contributed by atoms with E-state index in [1.807, 2.05) is 13.8 Å². The van der Waals surface area contributed by atoms with E-state index in [4.69, 9.17) is 0 Å². The molecule has 1 atom stereocenters. The SMILES string of the molecule is Cc1nc(C(CC(C)C)NS(=O)(=O)NC(C)C)sc1C. The highest BCUT2D eigenvalue weighted by Crippen LogP contribution is 2.27. The Morgan fingerprint density at radius 1 is 1.15 bits per heavy atom. The topological polar surface area (TPSA) is 71.1 Å². The summed E-state index contributed by atoms with van der Waals surface area (Å²) in [6.07, 6.45) is 0.728. The molecular weight excluding hydrogens is 294 g/mol. The normalized spacial score (nSPS) is 14.2. The summed E-state index contributed by atoms with van der Waals surface area (Å²) in [4.78, 5) is 5.62. The summed E-state index contributed by atoms with van der Waals surface area (Å²) in [5, 5.41) is 0.836. The minimum absolute atomic E-state index is 0.132. The largest absolute Gasteiger partial charge is 0.277 e. The number of nitrogens with zero attached hydrogens (tertiary/aromatic N) is 1. The predicted octanol–water partition coefficient (Wildman–Crippen LogP) is 2.68. The molecule has 0 aliphatic heterocycles. The molecule has 0 fully saturated rings. The monoisotopic (exact) mass is 319 g/mol. The molecule has 0 aliphatic rings. The van der Waals surface area contributed by atoms with Crippen LogP contribution in [0.3, 0.4) is 0 Å². The van der Waals surface area contributed by atoms with E-state index in [1.54, 1.807) is 25.2 Å². The van der Waals surface area contributed by atoms with Gasteiger partial charge in [0, 0.05) is 10.9 Å². The van der Waals surface area contributed by atoms with Gasteiger partial charge < -0.3 is 0 Å². The number of nitrogens with one attached hydrogen (secondary N) is 2. The van der Waals surface area contributed by atoms with Gasteiger partial charge >= 0.3 is 0 Å². The van der Waals surface area contributed by atoms with Crippen molar-refractivity contribution < 1.29 is 8.42 Å². The molecule has 116 valence electrons. The van der Waals surface area contributed by atoms with Crippen molar-refractivity contribution in [3.63, 3.8) is 0 Å². The second-order valence-electron chi connectivity index (χ2n) is 5.77. The summed E-state index contributed by atoms with van der Waals surface area (Å²) < 4.78 is 29.4. The molecule has 7 heteroatoms. The first kappa shape index (κ1) is 17.6. The highest BCUT2D eigenvalue weighted by Gasteiger charge is 2.24. The lowest BCUT2D eigenvalue weighted by Gasteiger charge is -2.19. The molecule has 0 amide bonds. The molecule has 0 bridgehead atoms. The van der Waals surface area contributed by atoms with Crippen LogP contribution < -0.4 is 9.44 Å². The lowest BCUT2D eigenvalue weighted by atomic mass is 10.1. The molecule has 1 heterocycles. The van der Waals surface area contributed by atoms with Crippen LogP contribution in [0.15, 0.2) is 0 Å². The second-order valence-corrected chi connectivity index (χ2v) is 8.48. The standard InChI is InChI=1S/C13H25N3O2S2/c1-8(2)7-12(13-14-10(5)11(6)19-13)16-20(17,18)15-9(3)4/h8-9,12,15-16H,7H2,1-6H3. The fourth-order valence-corrected chi connectivity index (χ4v) is 4.18. The van der Waals surface area contributed by atoms with E-state index in [2.05, 4.69) is 28.3 Å². The van der Waals surface area contributed by atoms with Crippen LogP contribution in [0, 0.1) is 19.8 Å². The molecule has 0 aliphatic carbocycles. The van der Waals surface area contributed by atoms with Crippen LogP contribution in [-0.4, -0.2) is 19.4 Å². The summed E-state index contributed by atoms with van der Waals surface area (Å²) in [5.41, 5.74) is 0.967. The molecule has 0 aromatic carbocycles. The summed E-state index contributed by atoms with van der Waals surface area (Å²) in [7, 11) is -3.51. The molecule has 0 saturated heterocycles. The van der Waals surface area contributed by atoms with Gasteiger partial charge in [-0.1, -0.05) is 13.8 Å². The van der Waals surface area contributed by atoms with Gasteiger partial charge in [-0.05, 0) is 40.0 Å². The Hall–Kier alpha value is -0.500. The molecule has 0 radical (unpaired) electrons. The molecule has 1 rings (SSSR count). The van der Waals surface area contributed by atoms with Gasteiger partial charge in [-0.15, -0.1) is 11.3 Å². The third kappa shape index (κ3) is 5.47. The zero-order valence-corrected chi connectivity index (χ0v) is 14.7. The Morgan fingerprint density at radius 3 is 2.15 bits per heavy atom. The van der Waals surface area contributed by atoms with Gasteiger partial charge in [0.15, 0.2) is 0 Å². The Labute approximate surface area is 126 Å². The van der Waals surface area contributed by atoms with Crippen molar-refractivity contribution in [2.45, 2.75) is 60.0 Å². The number of hydrogen-bond acceptors (Lipinski definition) is 4. The minimum Gasteiger partial charge on any atom is -0.245 e. The van der Waals surface area contributed by atoms with E-state index in [0.29, 0.717) is 5.92 Å². The molecule has 1 aromatic rings. The third-order valence-electron chi connectivity index (χ3n) is 2.74. The van der Waals surface area contributed by atoms with Crippen LogP contribution in [0.4, 0.5) is 0 Å². The maximum Gasteiger partial charge on any atom is 0.277 e. The van der Waals surface area contributed by atoms with Crippen molar-refractivity contribution in [3.8, 4) is 0 Å². The maximum atomic E-state index is 12.1. The Bertz CT molecular complexity index is 516. The first-order chi connectivity index (χ1) is 9.10. The quantitative estimate of drug-likeness (QED) is 0.811. The average molecular weight is 319 g/mol. The summed E-state index contributed by atoms with van der Waals surface area (Å²) in [6, 6.07) is -0.407. The molecule has 1 aromatic heterocycles. The lowest BCUT2D eigenvalue weighted by Crippen LogP contribution is -2.42. The fraction of sp³-hybridized carbons (Fsp3) is 0.769. The van der Waals surface area contributed by atoms with Crippen LogP contribution >= 0.6 is 11.3 Å². The molecule has 0 spiro atoms. The zero-order chi connectivity index (χ0) is 15.5. The van der Waals surface area contributed by atoms with Crippen molar-refractivity contribution in [2.24, 2.45) is 5.92 Å². The van der Waals surface area contributed by atoms with Gasteiger partial charge in [0.1, 0.15) is 5.01 Å².